The summed E-state index contributed by atoms with van der Waals surface area (Å²) in [6, 6.07) is 7.52. The largest absolute Gasteiger partial charge is 0.470 e. The molecule has 4 aromatic rings. The van der Waals surface area contributed by atoms with Crippen molar-refractivity contribution in [2.24, 2.45) is 0 Å². The second kappa shape index (κ2) is 10.7. The summed E-state index contributed by atoms with van der Waals surface area (Å²) in [6.07, 6.45) is 7.76. The maximum absolute atomic E-state index is 15.6. The first-order valence-corrected chi connectivity index (χ1v) is 11.9. The minimum absolute atomic E-state index is 0.0534. The lowest BCUT2D eigenvalue weighted by Gasteiger charge is -2.34. The Morgan fingerprint density at radius 2 is 2.14 bits per heavy atom. The molecule has 0 amide bonds. The van der Waals surface area contributed by atoms with Crippen molar-refractivity contribution in [1.82, 2.24) is 29.5 Å². The Kier molecular flexibility index (Phi) is 7.04. The van der Waals surface area contributed by atoms with Gasteiger partial charge in [-0.3, -0.25) is 0 Å². The van der Waals surface area contributed by atoms with E-state index in [2.05, 4.69) is 35.3 Å². The monoisotopic (exact) mass is 503 g/mol. The first kappa shape index (κ1) is 24.3. The highest BCUT2D eigenvalue weighted by molar-refractivity contribution is 5.76. The zero-order valence-corrected chi connectivity index (χ0v) is 20.5. The van der Waals surface area contributed by atoms with Crippen molar-refractivity contribution in [2.75, 3.05) is 37.0 Å². The molecular formula is C25H26FN9O2. The highest BCUT2D eigenvalue weighted by Crippen LogP contribution is 2.30. The van der Waals surface area contributed by atoms with Gasteiger partial charge in [0.25, 0.3) is 5.88 Å². The number of fused-ring (bicyclic) bond motifs is 1. The second-order valence-corrected chi connectivity index (χ2v) is 8.79. The van der Waals surface area contributed by atoms with Crippen LogP contribution >= 0.6 is 0 Å². The molecule has 0 bridgehead atoms. The van der Waals surface area contributed by atoms with Gasteiger partial charge >= 0.3 is 0 Å². The molecule has 1 aliphatic heterocycles. The molecule has 1 fully saturated rings. The van der Waals surface area contributed by atoms with Gasteiger partial charge in [-0.05, 0) is 31.9 Å². The second-order valence-electron chi connectivity index (χ2n) is 8.79. The Hall–Kier alpha value is -4.37. The summed E-state index contributed by atoms with van der Waals surface area (Å²) in [5.41, 5.74) is 1.71. The fourth-order valence-electron chi connectivity index (χ4n) is 4.33. The van der Waals surface area contributed by atoms with Crippen LogP contribution in [-0.2, 0) is 4.74 Å². The van der Waals surface area contributed by atoms with E-state index in [1.54, 1.807) is 30.9 Å². The molecule has 1 N–H and O–H groups in total. The fraction of sp³-hybridized carbons (Fsp3) is 0.360. The number of rotatable bonds is 8. The zero-order valence-electron chi connectivity index (χ0n) is 20.5. The van der Waals surface area contributed by atoms with Crippen LogP contribution in [0.3, 0.4) is 0 Å². The summed E-state index contributed by atoms with van der Waals surface area (Å²) in [6.45, 7) is 3.40. The number of nitrogens with one attached hydrogen (secondary N) is 1. The van der Waals surface area contributed by atoms with Gasteiger partial charge < -0.3 is 19.7 Å². The number of hydrogen-bond donors (Lipinski definition) is 1. The van der Waals surface area contributed by atoms with E-state index in [0.717, 1.165) is 24.9 Å². The predicted molar refractivity (Wildman–Crippen MR) is 134 cm³/mol. The lowest BCUT2D eigenvalue weighted by Crippen LogP contribution is -2.43. The number of halogens is 1. The standard InChI is InChI=1S/C25H26FN9O2/c1-16(15-36-2)37-25-22(26)24(32-23(33-25)19-12-30-35-9-4-3-7-20(19)35)31-17-6-5-8-34(14-17)21-13-28-18(10-27)11-29-21/h3-4,7,9,11-13,16-17H,5-6,8,14-15H2,1-2H3,(H,31,32,33)/t16?,17-/m1/s1. The van der Waals surface area contributed by atoms with E-state index in [4.69, 9.17) is 14.7 Å². The Bertz CT molecular complexity index is 1420. The number of ether oxygens (including phenoxy) is 2. The SMILES string of the molecule is COCC(C)Oc1nc(-c2cnn3ccccc23)nc(N[C@@H]2CCCN(c3cnc(C#N)cn3)C2)c1F. The van der Waals surface area contributed by atoms with E-state index in [9.17, 15) is 0 Å². The number of methoxy groups -OCH3 is 1. The van der Waals surface area contributed by atoms with Crippen LogP contribution < -0.4 is 15.0 Å². The van der Waals surface area contributed by atoms with Gasteiger partial charge in [-0.25, -0.2) is 19.5 Å². The van der Waals surface area contributed by atoms with E-state index in [1.165, 1.54) is 6.20 Å². The minimum Gasteiger partial charge on any atom is -0.470 e. The van der Waals surface area contributed by atoms with Crippen molar-refractivity contribution < 1.29 is 13.9 Å². The molecule has 37 heavy (non-hydrogen) atoms. The molecule has 0 aromatic carbocycles. The van der Waals surface area contributed by atoms with Crippen LogP contribution in [0.2, 0.25) is 0 Å². The summed E-state index contributed by atoms with van der Waals surface area (Å²) in [4.78, 5) is 19.5. The smallest absolute Gasteiger partial charge is 0.256 e. The van der Waals surface area contributed by atoms with Gasteiger partial charge in [0.15, 0.2) is 17.3 Å². The van der Waals surface area contributed by atoms with Crippen LogP contribution in [0.15, 0.2) is 43.0 Å². The maximum atomic E-state index is 15.6. The van der Waals surface area contributed by atoms with Crippen LogP contribution in [0.25, 0.3) is 16.9 Å². The van der Waals surface area contributed by atoms with Crippen LogP contribution in [0.4, 0.5) is 16.0 Å². The summed E-state index contributed by atoms with van der Waals surface area (Å²) in [5.74, 6) is 0.197. The van der Waals surface area contributed by atoms with E-state index in [1.807, 2.05) is 30.5 Å². The average molecular weight is 504 g/mol. The summed E-state index contributed by atoms with van der Waals surface area (Å²) in [5, 5.41) is 16.6. The molecule has 5 heterocycles. The number of hydrogen-bond acceptors (Lipinski definition) is 10. The molecule has 0 spiro atoms. The Morgan fingerprint density at radius 1 is 1.24 bits per heavy atom. The number of nitriles is 1. The summed E-state index contributed by atoms with van der Waals surface area (Å²) < 4.78 is 28.3. The highest BCUT2D eigenvalue weighted by atomic mass is 19.1. The molecule has 5 rings (SSSR count). The van der Waals surface area contributed by atoms with Gasteiger partial charge in [0.1, 0.15) is 18.0 Å². The van der Waals surface area contributed by atoms with E-state index in [-0.39, 0.29) is 30.0 Å². The van der Waals surface area contributed by atoms with Gasteiger partial charge in [0.2, 0.25) is 5.82 Å². The molecule has 0 saturated carbocycles. The van der Waals surface area contributed by atoms with Gasteiger partial charge in [0.05, 0.1) is 36.3 Å². The molecule has 190 valence electrons. The van der Waals surface area contributed by atoms with Crippen molar-refractivity contribution in [3.8, 4) is 23.3 Å². The lowest BCUT2D eigenvalue weighted by atomic mass is 10.1. The van der Waals surface area contributed by atoms with E-state index < -0.39 is 11.9 Å². The number of aromatic nitrogens is 6. The quantitative estimate of drug-likeness (QED) is 0.383. The van der Waals surface area contributed by atoms with Gasteiger partial charge in [0, 0.05) is 32.4 Å². The average Bonchev–Trinajstić information content (AvgIpc) is 3.35. The summed E-state index contributed by atoms with van der Waals surface area (Å²) in [7, 11) is 1.56. The maximum Gasteiger partial charge on any atom is 0.256 e. The molecule has 11 nitrogen and oxygen atoms in total. The van der Waals surface area contributed by atoms with Gasteiger partial charge in [-0.2, -0.15) is 19.7 Å². The first-order valence-electron chi connectivity index (χ1n) is 11.9. The number of piperidine rings is 1. The number of anilines is 2. The van der Waals surface area contributed by atoms with Crippen LogP contribution in [0.5, 0.6) is 5.88 Å². The Morgan fingerprint density at radius 3 is 2.92 bits per heavy atom. The molecule has 2 atom stereocenters. The van der Waals surface area contributed by atoms with Crippen molar-refractivity contribution in [1.29, 1.82) is 5.26 Å². The minimum atomic E-state index is -0.668. The molecule has 1 saturated heterocycles. The van der Waals surface area contributed by atoms with Crippen molar-refractivity contribution in [3.05, 3.63) is 54.5 Å². The molecule has 0 radical (unpaired) electrons. The Balaban J connectivity index is 1.45. The molecule has 1 aliphatic rings. The third-order valence-corrected chi connectivity index (χ3v) is 6.04. The Labute approximate surface area is 212 Å². The molecule has 1 unspecified atom stereocenters. The van der Waals surface area contributed by atoms with Crippen LogP contribution in [-0.4, -0.2) is 68.5 Å². The van der Waals surface area contributed by atoms with Crippen molar-refractivity contribution in [2.45, 2.75) is 31.9 Å². The third kappa shape index (κ3) is 5.26. The van der Waals surface area contributed by atoms with E-state index in [0.29, 0.717) is 23.8 Å². The van der Waals surface area contributed by atoms with Gasteiger partial charge in [-0.15, -0.1) is 0 Å². The highest BCUT2D eigenvalue weighted by Gasteiger charge is 2.26. The van der Waals surface area contributed by atoms with Crippen molar-refractivity contribution in [3.63, 3.8) is 0 Å². The van der Waals surface area contributed by atoms with Crippen LogP contribution in [0, 0.1) is 17.1 Å². The van der Waals surface area contributed by atoms with Crippen LogP contribution in [0.1, 0.15) is 25.5 Å². The molecule has 12 heteroatoms. The van der Waals surface area contributed by atoms with Gasteiger partial charge in [-0.1, -0.05) is 6.07 Å². The zero-order chi connectivity index (χ0) is 25.8. The van der Waals surface area contributed by atoms with E-state index >= 15 is 4.39 Å². The topological polar surface area (TPSA) is 126 Å². The first-order chi connectivity index (χ1) is 18.1. The lowest BCUT2D eigenvalue weighted by molar-refractivity contribution is 0.0859. The predicted octanol–water partition coefficient (Wildman–Crippen LogP) is 3.09. The molecule has 0 aliphatic carbocycles. The summed E-state index contributed by atoms with van der Waals surface area (Å²) >= 11 is 0. The third-order valence-electron chi connectivity index (χ3n) is 6.04. The normalized spacial score (nSPS) is 16.4. The molecular weight excluding hydrogens is 477 g/mol. The number of nitrogens with zero attached hydrogens (tertiary/aromatic N) is 8. The fourth-order valence-corrected chi connectivity index (χ4v) is 4.33. The molecule has 4 aromatic heterocycles. The number of pyridine rings is 1. The van der Waals surface area contributed by atoms with Crippen molar-refractivity contribution >= 4 is 17.2 Å².